The molecule has 0 heterocycles. The zero-order valence-corrected chi connectivity index (χ0v) is 17.2. The zero-order valence-electron chi connectivity index (χ0n) is 17.2. The van der Waals surface area contributed by atoms with E-state index < -0.39 is 41.0 Å². The number of hydrogen-bond donors (Lipinski definition) is 0. The lowest BCUT2D eigenvalue weighted by molar-refractivity contribution is -0.155. The van der Waals surface area contributed by atoms with Crippen LogP contribution in [-0.4, -0.2) is 45.9 Å². The molecule has 0 saturated heterocycles. The summed E-state index contributed by atoms with van der Waals surface area (Å²) in [6.07, 6.45) is -1.88. The van der Waals surface area contributed by atoms with Gasteiger partial charge in [-0.25, -0.2) is 14.5 Å². The van der Waals surface area contributed by atoms with Gasteiger partial charge in [-0.3, -0.25) is 4.79 Å². The maximum Gasteiger partial charge on any atom is 0.420 e. The molecule has 7 heteroatoms. The molecule has 25 heavy (non-hydrogen) atoms. The van der Waals surface area contributed by atoms with Crippen LogP contribution >= 0.6 is 0 Å². The van der Waals surface area contributed by atoms with Crippen molar-refractivity contribution in [3.8, 4) is 0 Å². The molecule has 0 saturated carbocycles. The van der Waals surface area contributed by atoms with Crippen molar-refractivity contribution in [3.05, 3.63) is 0 Å². The monoisotopic (exact) mass is 359 g/mol. The van der Waals surface area contributed by atoms with Crippen molar-refractivity contribution < 1.29 is 28.6 Å². The predicted molar refractivity (Wildman–Crippen MR) is 94.2 cm³/mol. The highest BCUT2D eigenvalue weighted by Gasteiger charge is 2.36. The second-order valence-electron chi connectivity index (χ2n) is 8.97. The number of nitrogens with zero attached hydrogens (tertiary/aromatic N) is 1. The van der Waals surface area contributed by atoms with Crippen molar-refractivity contribution in [2.24, 2.45) is 0 Å². The summed E-state index contributed by atoms with van der Waals surface area (Å²) in [6, 6.07) is -0.778. The summed E-state index contributed by atoms with van der Waals surface area (Å²) < 4.78 is 15.8. The van der Waals surface area contributed by atoms with Gasteiger partial charge in [-0.15, -0.1) is 0 Å². The maximum atomic E-state index is 12.4. The van der Waals surface area contributed by atoms with Crippen molar-refractivity contribution in [2.75, 3.05) is 0 Å². The number of hydrogen-bond acceptors (Lipinski definition) is 6. The summed E-state index contributed by atoms with van der Waals surface area (Å²) in [6.45, 7) is 16.9. The third-order valence-electron chi connectivity index (χ3n) is 2.50. The number of rotatable bonds is 3. The highest BCUT2D eigenvalue weighted by Crippen LogP contribution is 2.19. The molecule has 0 bridgehead atoms. The molecule has 7 nitrogen and oxygen atoms in total. The Labute approximate surface area is 151 Å². The highest BCUT2D eigenvalue weighted by atomic mass is 16.6. The summed E-state index contributed by atoms with van der Waals surface area (Å²) in [5.41, 5.74) is -2.23. The Hall–Kier alpha value is -1.79. The Bertz CT molecular complexity index is 465. The largest absolute Gasteiger partial charge is 0.460 e. The van der Waals surface area contributed by atoms with Gasteiger partial charge in [-0.05, 0) is 69.2 Å². The van der Waals surface area contributed by atoms with Gasteiger partial charge in [0.25, 0.3) is 0 Å². The van der Waals surface area contributed by atoms with Gasteiger partial charge in [-0.2, -0.15) is 0 Å². The Balaban J connectivity index is 5.32. The number of imide groups is 1. The lowest BCUT2D eigenvalue weighted by Crippen LogP contribution is -2.48. The summed E-state index contributed by atoms with van der Waals surface area (Å²) in [5, 5.41) is 0. The molecular formula is C18H33NO6. The third kappa shape index (κ3) is 10.6. The second kappa shape index (κ2) is 8.06. The average molecular weight is 359 g/mol. The van der Waals surface area contributed by atoms with Crippen molar-refractivity contribution in [3.63, 3.8) is 0 Å². The van der Waals surface area contributed by atoms with Crippen molar-refractivity contribution in [1.82, 2.24) is 4.90 Å². The minimum absolute atomic E-state index is 0.157. The lowest BCUT2D eigenvalue weighted by atomic mass is 10.1. The standard InChI is InChI=1S/C18H33NO6/c1-12(11-13(20)23-16(2,3)4)19(14(21)24-17(5,6)7)15(22)25-18(8,9)10/h12H,11H2,1-10H3/t12-/m0/s1. The second-order valence-corrected chi connectivity index (χ2v) is 8.97. The van der Waals surface area contributed by atoms with E-state index in [9.17, 15) is 14.4 Å². The predicted octanol–water partition coefficient (Wildman–Crippen LogP) is 4.28. The van der Waals surface area contributed by atoms with Crippen LogP contribution in [-0.2, 0) is 19.0 Å². The van der Waals surface area contributed by atoms with Crippen LogP contribution in [0.15, 0.2) is 0 Å². The van der Waals surface area contributed by atoms with Crippen LogP contribution in [0, 0.1) is 0 Å². The molecule has 0 aliphatic rings. The fourth-order valence-electron chi connectivity index (χ4n) is 1.77. The number of esters is 1. The van der Waals surface area contributed by atoms with Crippen LogP contribution in [0.3, 0.4) is 0 Å². The summed E-state index contributed by atoms with van der Waals surface area (Å²) in [5.74, 6) is -0.517. The van der Waals surface area contributed by atoms with Gasteiger partial charge in [0.05, 0.1) is 12.5 Å². The third-order valence-corrected chi connectivity index (χ3v) is 2.50. The molecule has 146 valence electrons. The van der Waals surface area contributed by atoms with Gasteiger partial charge in [-0.1, -0.05) is 0 Å². The minimum atomic E-state index is -0.863. The van der Waals surface area contributed by atoms with E-state index in [0.717, 1.165) is 4.90 Å². The van der Waals surface area contributed by atoms with Crippen molar-refractivity contribution >= 4 is 18.2 Å². The van der Waals surface area contributed by atoms with Crippen LogP contribution in [0.25, 0.3) is 0 Å². The van der Waals surface area contributed by atoms with Crippen LogP contribution in [0.5, 0.6) is 0 Å². The summed E-state index contributed by atoms with van der Waals surface area (Å²) in [4.78, 5) is 37.7. The summed E-state index contributed by atoms with van der Waals surface area (Å²) >= 11 is 0. The van der Waals surface area contributed by atoms with E-state index in [0.29, 0.717) is 0 Å². The van der Waals surface area contributed by atoms with Crippen LogP contribution in [0.2, 0.25) is 0 Å². The Kier molecular flexibility index (Phi) is 7.48. The fraction of sp³-hybridized carbons (Fsp3) is 0.833. The number of carbonyl (C=O) groups excluding carboxylic acids is 3. The number of ether oxygens (including phenoxy) is 3. The van der Waals surface area contributed by atoms with E-state index in [2.05, 4.69) is 0 Å². The quantitative estimate of drug-likeness (QED) is 0.552. The van der Waals surface area contributed by atoms with Gasteiger partial charge in [0, 0.05) is 0 Å². The molecule has 0 rings (SSSR count). The molecule has 1 atom stereocenters. The maximum absolute atomic E-state index is 12.4. The molecule has 0 spiro atoms. The lowest BCUT2D eigenvalue weighted by Gasteiger charge is -2.32. The number of amides is 2. The average Bonchev–Trinajstić information content (AvgIpc) is 2.19. The van der Waals surface area contributed by atoms with Gasteiger partial charge in [0.1, 0.15) is 16.8 Å². The van der Waals surface area contributed by atoms with Crippen LogP contribution < -0.4 is 0 Å². The molecule has 0 aliphatic heterocycles. The van der Waals surface area contributed by atoms with Gasteiger partial charge in [0.15, 0.2) is 0 Å². The van der Waals surface area contributed by atoms with Crippen LogP contribution in [0.1, 0.15) is 75.7 Å². The van der Waals surface area contributed by atoms with Gasteiger partial charge in [0.2, 0.25) is 0 Å². The van der Waals surface area contributed by atoms with Crippen molar-refractivity contribution in [2.45, 2.75) is 98.5 Å². The molecule has 2 amide bonds. The van der Waals surface area contributed by atoms with E-state index in [-0.39, 0.29) is 6.42 Å². The van der Waals surface area contributed by atoms with Crippen molar-refractivity contribution in [1.29, 1.82) is 0 Å². The first-order valence-corrected chi connectivity index (χ1v) is 8.38. The highest BCUT2D eigenvalue weighted by molar-refractivity contribution is 5.89. The van der Waals surface area contributed by atoms with E-state index in [1.807, 2.05) is 0 Å². The fourth-order valence-corrected chi connectivity index (χ4v) is 1.77. The molecule has 0 aromatic rings. The minimum Gasteiger partial charge on any atom is -0.460 e. The zero-order chi connectivity index (χ0) is 20.2. The summed E-state index contributed by atoms with van der Waals surface area (Å²) in [7, 11) is 0. The molecule has 0 fully saturated rings. The van der Waals surface area contributed by atoms with Gasteiger partial charge < -0.3 is 14.2 Å². The number of carbonyl (C=O) groups is 3. The molecule has 0 N–H and O–H groups in total. The topological polar surface area (TPSA) is 82.1 Å². The molecule has 0 radical (unpaired) electrons. The SMILES string of the molecule is C[C@@H](CC(=O)OC(C)(C)C)N(C(=O)OC(C)(C)C)C(=O)OC(C)(C)C. The van der Waals surface area contributed by atoms with E-state index in [1.165, 1.54) is 0 Å². The first-order chi connectivity index (χ1) is 10.9. The van der Waals surface area contributed by atoms with Crippen LogP contribution in [0.4, 0.5) is 9.59 Å². The molecule has 0 aliphatic carbocycles. The molecular weight excluding hydrogens is 326 g/mol. The van der Waals surface area contributed by atoms with E-state index >= 15 is 0 Å². The first-order valence-electron chi connectivity index (χ1n) is 8.38. The Morgan fingerprint density at radius 1 is 0.720 bits per heavy atom. The smallest absolute Gasteiger partial charge is 0.420 e. The molecule has 0 unspecified atom stereocenters. The Morgan fingerprint density at radius 2 is 1.04 bits per heavy atom. The first kappa shape index (κ1) is 23.2. The van der Waals surface area contributed by atoms with Gasteiger partial charge >= 0.3 is 18.2 Å². The normalized spacial score (nSPS) is 13.7. The molecule has 0 aromatic carbocycles. The molecule has 0 aromatic heterocycles. The van der Waals surface area contributed by atoms with E-state index in [4.69, 9.17) is 14.2 Å². The Morgan fingerprint density at radius 3 is 1.32 bits per heavy atom. The van der Waals surface area contributed by atoms with E-state index in [1.54, 1.807) is 69.2 Å².